The first kappa shape index (κ1) is 9.01. The summed E-state index contributed by atoms with van der Waals surface area (Å²) in [5.74, 6) is 0. The van der Waals surface area contributed by atoms with E-state index in [4.69, 9.17) is 4.74 Å². The fourth-order valence-electron chi connectivity index (χ4n) is 1.92. The van der Waals surface area contributed by atoms with Crippen LogP contribution < -0.4 is 0 Å². The van der Waals surface area contributed by atoms with Crippen LogP contribution >= 0.6 is 0 Å². The fraction of sp³-hybridized carbons (Fsp3) is 1.00. The van der Waals surface area contributed by atoms with E-state index in [0.29, 0.717) is 6.04 Å². The Balaban J connectivity index is 2.58. The molecule has 1 fully saturated rings. The highest BCUT2D eigenvalue weighted by molar-refractivity contribution is 4.90. The van der Waals surface area contributed by atoms with Crippen LogP contribution in [0.1, 0.15) is 26.7 Å². The predicted molar refractivity (Wildman–Crippen MR) is 46.7 cm³/mol. The van der Waals surface area contributed by atoms with Gasteiger partial charge in [-0.3, -0.25) is 0 Å². The van der Waals surface area contributed by atoms with Crippen LogP contribution in [0.3, 0.4) is 0 Å². The minimum atomic E-state index is 0.0191. The molecule has 1 heterocycles. The smallest absolute Gasteiger partial charge is 0.0777 e. The van der Waals surface area contributed by atoms with E-state index in [9.17, 15) is 0 Å². The van der Waals surface area contributed by atoms with Crippen LogP contribution in [0.25, 0.3) is 0 Å². The summed E-state index contributed by atoms with van der Waals surface area (Å²) in [7, 11) is 3.98. The van der Waals surface area contributed by atoms with Crippen molar-refractivity contribution in [2.75, 3.05) is 20.7 Å². The van der Waals surface area contributed by atoms with E-state index in [-0.39, 0.29) is 5.60 Å². The number of likely N-dealkylation sites (N-methyl/N-ethyl adjacent to an activating group) is 1. The lowest BCUT2D eigenvalue weighted by molar-refractivity contribution is -0.0340. The molecule has 1 aliphatic heterocycles. The van der Waals surface area contributed by atoms with Crippen LogP contribution in [-0.4, -0.2) is 37.2 Å². The minimum absolute atomic E-state index is 0.0191. The van der Waals surface area contributed by atoms with Crippen molar-refractivity contribution in [1.29, 1.82) is 0 Å². The van der Waals surface area contributed by atoms with Crippen molar-refractivity contribution in [2.45, 2.75) is 38.3 Å². The van der Waals surface area contributed by atoms with Crippen LogP contribution in [0.15, 0.2) is 0 Å². The largest absolute Gasteiger partial charge is 0.377 e. The molecule has 2 nitrogen and oxygen atoms in total. The maximum absolute atomic E-state index is 5.45. The standard InChI is InChI=1S/C9H19NO/c1-9(2,11-4)8-6-5-7-10(8)3/h8H,5-7H2,1-4H3/t8-/m0/s1. The summed E-state index contributed by atoms with van der Waals surface area (Å²) >= 11 is 0. The number of hydrogen-bond acceptors (Lipinski definition) is 2. The Morgan fingerprint density at radius 2 is 2.09 bits per heavy atom. The number of likely N-dealkylation sites (tertiary alicyclic amines) is 1. The number of hydrogen-bond donors (Lipinski definition) is 0. The van der Waals surface area contributed by atoms with E-state index >= 15 is 0 Å². The molecule has 0 spiro atoms. The van der Waals surface area contributed by atoms with Crippen molar-refractivity contribution in [2.24, 2.45) is 0 Å². The molecular weight excluding hydrogens is 138 g/mol. The van der Waals surface area contributed by atoms with Crippen LogP contribution in [0, 0.1) is 0 Å². The first-order chi connectivity index (χ1) is 5.08. The van der Waals surface area contributed by atoms with Crippen LogP contribution in [0.5, 0.6) is 0 Å². The van der Waals surface area contributed by atoms with E-state index in [0.717, 1.165) is 0 Å². The van der Waals surface area contributed by atoms with Gasteiger partial charge in [0.2, 0.25) is 0 Å². The highest BCUT2D eigenvalue weighted by atomic mass is 16.5. The Morgan fingerprint density at radius 1 is 1.45 bits per heavy atom. The zero-order chi connectivity index (χ0) is 8.48. The van der Waals surface area contributed by atoms with Gasteiger partial charge < -0.3 is 9.64 Å². The van der Waals surface area contributed by atoms with Crippen molar-refractivity contribution >= 4 is 0 Å². The normalized spacial score (nSPS) is 27.8. The molecule has 1 rings (SSSR count). The molecule has 0 saturated carbocycles. The third kappa shape index (κ3) is 1.74. The molecule has 0 radical (unpaired) electrons. The number of nitrogens with zero attached hydrogens (tertiary/aromatic N) is 1. The fourth-order valence-corrected chi connectivity index (χ4v) is 1.92. The molecule has 0 aliphatic carbocycles. The number of methoxy groups -OCH3 is 1. The molecule has 0 aromatic heterocycles. The second-order valence-electron chi connectivity index (χ2n) is 3.95. The van der Waals surface area contributed by atoms with Gasteiger partial charge in [-0.25, -0.2) is 0 Å². The first-order valence-corrected chi connectivity index (χ1v) is 4.33. The van der Waals surface area contributed by atoms with Crippen LogP contribution in [-0.2, 0) is 4.74 Å². The summed E-state index contributed by atoms with van der Waals surface area (Å²) in [6.45, 7) is 5.55. The Kier molecular flexibility index (Phi) is 2.55. The number of ether oxygens (including phenoxy) is 1. The average Bonchev–Trinajstić information content (AvgIpc) is 2.36. The Labute approximate surface area is 69.5 Å². The Morgan fingerprint density at radius 3 is 2.45 bits per heavy atom. The molecule has 1 aliphatic rings. The molecule has 0 aromatic carbocycles. The maximum atomic E-state index is 5.45. The van der Waals surface area contributed by atoms with Gasteiger partial charge in [-0.15, -0.1) is 0 Å². The van der Waals surface area contributed by atoms with E-state index < -0.39 is 0 Å². The van der Waals surface area contributed by atoms with Crippen molar-refractivity contribution in [3.8, 4) is 0 Å². The SMILES string of the molecule is COC(C)(C)[C@@H]1CCCN1C. The van der Waals surface area contributed by atoms with Crippen molar-refractivity contribution in [3.63, 3.8) is 0 Å². The summed E-state index contributed by atoms with van der Waals surface area (Å²) in [6.07, 6.45) is 2.59. The quantitative estimate of drug-likeness (QED) is 0.602. The molecule has 2 heteroatoms. The molecule has 0 bridgehead atoms. The van der Waals surface area contributed by atoms with E-state index in [1.807, 2.05) is 0 Å². The predicted octanol–water partition coefficient (Wildman–Crippen LogP) is 1.51. The highest BCUT2D eigenvalue weighted by Crippen LogP contribution is 2.27. The second-order valence-corrected chi connectivity index (χ2v) is 3.95. The topological polar surface area (TPSA) is 12.5 Å². The molecule has 0 unspecified atom stereocenters. The summed E-state index contributed by atoms with van der Waals surface area (Å²) in [5.41, 5.74) is 0.0191. The van der Waals surface area contributed by atoms with Gasteiger partial charge in [0.05, 0.1) is 5.60 Å². The first-order valence-electron chi connectivity index (χ1n) is 4.33. The zero-order valence-electron chi connectivity index (χ0n) is 8.05. The lowest BCUT2D eigenvalue weighted by atomic mass is 9.96. The number of rotatable bonds is 2. The highest BCUT2D eigenvalue weighted by Gasteiger charge is 2.35. The third-order valence-electron chi connectivity index (χ3n) is 2.85. The Bertz CT molecular complexity index is 134. The summed E-state index contributed by atoms with van der Waals surface area (Å²) < 4.78 is 5.45. The molecule has 0 aromatic rings. The van der Waals surface area contributed by atoms with Crippen molar-refractivity contribution in [3.05, 3.63) is 0 Å². The van der Waals surface area contributed by atoms with E-state index in [2.05, 4.69) is 25.8 Å². The summed E-state index contributed by atoms with van der Waals surface area (Å²) in [6, 6.07) is 0.604. The molecule has 11 heavy (non-hydrogen) atoms. The second kappa shape index (κ2) is 3.11. The van der Waals surface area contributed by atoms with Gasteiger partial charge in [-0.2, -0.15) is 0 Å². The van der Waals surface area contributed by atoms with Crippen molar-refractivity contribution in [1.82, 2.24) is 4.90 Å². The van der Waals surface area contributed by atoms with Crippen molar-refractivity contribution < 1.29 is 4.74 Å². The van der Waals surface area contributed by atoms with Gasteiger partial charge in [-0.05, 0) is 40.3 Å². The Hall–Kier alpha value is -0.0800. The van der Waals surface area contributed by atoms with Gasteiger partial charge in [0.25, 0.3) is 0 Å². The van der Waals surface area contributed by atoms with Crippen LogP contribution in [0.2, 0.25) is 0 Å². The molecule has 1 saturated heterocycles. The maximum Gasteiger partial charge on any atom is 0.0777 e. The molecule has 0 amide bonds. The molecular formula is C9H19NO. The summed E-state index contributed by atoms with van der Waals surface area (Å²) in [4.78, 5) is 2.39. The third-order valence-corrected chi connectivity index (χ3v) is 2.85. The van der Waals surface area contributed by atoms with Gasteiger partial charge in [0, 0.05) is 13.2 Å². The van der Waals surface area contributed by atoms with E-state index in [1.165, 1.54) is 19.4 Å². The zero-order valence-corrected chi connectivity index (χ0v) is 8.05. The van der Waals surface area contributed by atoms with Gasteiger partial charge in [0.1, 0.15) is 0 Å². The molecule has 66 valence electrons. The average molecular weight is 157 g/mol. The lowest BCUT2D eigenvalue weighted by Crippen LogP contribution is -2.45. The lowest BCUT2D eigenvalue weighted by Gasteiger charge is -2.34. The monoisotopic (exact) mass is 157 g/mol. The minimum Gasteiger partial charge on any atom is -0.377 e. The molecule has 0 N–H and O–H groups in total. The van der Waals surface area contributed by atoms with Gasteiger partial charge in [-0.1, -0.05) is 0 Å². The van der Waals surface area contributed by atoms with Gasteiger partial charge in [0.15, 0.2) is 0 Å². The van der Waals surface area contributed by atoms with Crippen LogP contribution in [0.4, 0.5) is 0 Å². The summed E-state index contributed by atoms with van der Waals surface area (Å²) in [5, 5.41) is 0. The molecule has 1 atom stereocenters. The van der Waals surface area contributed by atoms with E-state index in [1.54, 1.807) is 7.11 Å². The van der Waals surface area contributed by atoms with Gasteiger partial charge >= 0.3 is 0 Å².